The first-order valence-corrected chi connectivity index (χ1v) is 7.30. The Morgan fingerprint density at radius 1 is 1.29 bits per heavy atom. The molecule has 2 rings (SSSR count). The van der Waals surface area contributed by atoms with Crippen LogP contribution in [0.25, 0.3) is 0 Å². The summed E-state index contributed by atoms with van der Waals surface area (Å²) in [5, 5.41) is 16.1. The van der Waals surface area contributed by atoms with Crippen molar-refractivity contribution in [2.75, 3.05) is 24.3 Å². The van der Waals surface area contributed by atoms with Gasteiger partial charge in [0, 0.05) is 31.9 Å². The molecule has 8 heteroatoms. The average molecular weight is 329 g/mol. The standard InChI is InChI=1S/C16H19N5O3/c1-11-9-13(21(23)24)7-8-14(11)19-16(22)17-10-12-5-4-6-15(18-12)20(2)3/h4-9H,10H2,1-3H3,(H2,17,19,22). The number of benzene rings is 1. The quantitative estimate of drug-likeness (QED) is 0.649. The van der Waals surface area contributed by atoms with Gasteiger partial charge in [-0.3, -0.25) is 10.1 Å². The van der Waals surface area contributed by atoms with Crippen LogP contribution >= 0.6 is 0 Å². The summed E-state index contributed by atoms with van der Waals surface area (Å²) in [4.78, 5) is 28.5. The van der Waals surface area contributed by atoms with Gasteiger partial charge in [0.2, 0.25) is 0 Å². The summed E-state index contributed by atoms with van der Waals surface area (Å²) in [5.74, 6) is 0.806. The van der Waals surface area contributed by atoms with Crippen molar-refractivity contribution in [1.82, 2.24) is 10.3 Å². The number of urea groups is 1. The fourth-order valence-electron chi connectivity index (χ4n) is 2.05. The second kappa shape index (κ2) is 7.40. The molecule has 0 spiro atoms. The molecule has 2 amide bonds. The van der Waals surface area contributed by atoms with Gasteiger partial charge in [0.25, 0.3) is 5.69 Å². The van der Waals surface area contributed by atoms with Crippen LogP contribution in [0.5, 0.6) is 0 Å². The van der Waals surface area contributed by atoms with E-state index in [1.54, 1.807) is 6.92 Å². The number of anilines is 2. The van der Waals surface area contributed by atoms with E-state index in [-0.39, 0.29) is 12.2 Å². The number of aromatic nitrogens is 1. The highest BCUT2D eigenvalue weighted by Crippen LogP contribution is 2.21. The van der Waals surface area contributed by atoms with E-state index < -0.39 is 11.0 Å². The molecule has 1 heterocycles. The molecule has 2 aromatic rings. The lowest BCUT2D eigenvalue weighted by atomic mass is 10.2. The average Bonchev–Trinajstić information content (AvgIpc) is 2.55. The molecule has 0 fully saturated rings. The fourth-order valence-corrected chi connectivity index (χ4v) is 2.05. The Morgan fingerprint density at radius 2 is 2.04 bits per heavy atom. The third-order valence-electron chi connectivity index (χ3n) is 3.35. The molecule has 126 valence electrons. The summed E-state index contributed by atoms with van der Waals surface area (Å²) < 4.78 is 0. The number of hydrogen-bond acceptors (Lipinski definition) is 5. The van der Waals surface area contributed by atoms with E-state index in [9.17, 15) is 14.9 Å². The predicted molar refractivity (Wildman–Crippen MR) is 92.3 cm³/mol. The SMILES string of the molecule is Cc1cc([N+](=O)[O-])ccc1NC(=O)NCc1cccc(N(C)C)n1. The molecule has 0 radical (unpaired) electrons. The molecule has 0 aliphatic heterocycles. The van der Waals surface area contributed by atoms with E-state index in [0.29, 0.717) is 11.3 Å². The maximum absolute atomic E-state index is 12.0. The van der Waals surface area contributed by atoms with Gasteiger partial charge in [0.05, 0.1) is 17.2 Å². The minimum atomic E-state index is -0.472. The molecule has 0 bridgehead atoms. The number of non-ortho nitro benzene ring substituents is 1. The first kappa shape index (κ1) is 17.2. The lowest BCUT2D eigenvalue weighted by molar-refractivity contribution is -0.384. The molecule has 24 heavy (non-hydrogen) atoms. The first-order chi connectivity index (χ1) is 11.4. The largest absolute Gasteiger partial charge is 0.363 e. The highest BCUT2D eigenvalue weighted by molar-refractivity contribution is 5.90. The van der Waals surface area contributed by atoms with E-state index in [4.69, 9.17) is 0 Å². The summed E-state index contributed by atoms with van der Waals surface area (Å²) >= 11 is 0. The molecule has 1 aromatic carbocycles. The number of pyridine rings is 1. The topological polar surface area (TPSA) is 100 Å². The van der Waals surface area contributed by atoms with Crippen LogP contribution in [0.3, 0.4) is 0 Å². The van der Waals surface area contributed by atoms with Gasteiger partial charge in [0.1, 0.15) is 5.82 Å². The van der Waals surface area contributed by atoms with Crippen molar-refractivity contribution in [1.29, 1.82) is 0 Å². The van der Waals surface area contributed by atoms with Gasteiger partial charge in [-0.25, -0.2) is 9.78 Å². The van der Waals surface area contributed by atoms with Crippen LogP contribution in [0.1, 0.15) is 11.3 Å². The maximum atomic E-state index is 12.0. The van der Waals surface area contributed by atoms with Crippen LogP contribution in [-0.4, -0.2) is 30.0 Å². The van der Waals surface area contributed by atoms with Crippen LogP contribution in [0, 0.1) is 17.0 Å². The number of nitro groups is 1. The number of nitro benzene ring substituents is 1. The van der Waals surface area contributed by atoms with E-state index in [1.165, 1.54) is 18.2 Å². The molecule has 8 nitrogen and oxygen atoms in total. The van der Waals surface area contributed by atoms with Crippen LogP contribution in [0.2, 0.25) is 0 Å². The second-order valence-electron chi connectivity index (χ2n) is 5.45. The molecule has 2 N–H and O–H groups in total. The zero-order valence-corrected chi connectivity index (χ0v) is 13.7. The summed E-state index contributed by atoms with van der Waals surface area (Å²) in [6, 6.07) is 9.45. The normalized spacial score (nSPS) is 10.1. The Labute approximate surface area is 139 Å². The summed E-state index contributed by atoms with van der Waals surface area (Å²) in [6.07, 6.45) is 0. The van der Waals surface area contributed by atoms with Crippen molar-refractivity contribution in [3.63, 3.8) is 0 Å². The zero-order valence-electron chi connectivity index (χ0n) is 13.7. The predicted octanol–water partition coefficient (Wildman–Crippen LogP) is 2.69. The van der Waals surface area contributed by atoms with Gasteiger partial charge in [-0.15, -0.1) is 0 Å². The Morgan fingerprint density at radius 3 is 2.67 bits per heavy atom. The van der Waals surface area contributed by atoms with Crippen molar-refractivity contribution < 1.29 is 9.72 Å². The monoisotopic (exact) mass is 329 g/mol. The third-order valence-corrected chi connectivity index (χ3v) is 3.35. The van der Waals surface area contributed by atoms with Crippen LogP contribution in [-0.2, 0) is 6.54 Å². The Bertz CT molecular complexity index is 761. The number of nitrogens with one attached hydrogen (secondary N) is 2. The molecule has 0 saturated heterocycles. The highest BCUT2D eigenvalue weighted by atomic mass is 16.6. The molecular weight excluding hydrogens is 310 g/mol. The van der Waals surface area contributed by atoms with E-state index in [1.807, 2.05) is 37.2 Å². The van der Waals surface area contributed by atoms with Crippen molar-refractivity contribution in [3.8, 4) is 0 Å². The molecule has 0 aliphatic rings. The number of amides is 2. The number of carbonyl (C=O) groups is 1. The number of rotatable bonds is 5. The smallest absolute Gasteiger partial charge is 0.319 e. The minimum Gasteiger partial charge on any atom is -0.363 e. The van der Waals surface area contributed by atoms with Gasteiger partial charge >= 0.3 is 6.03 Å². The number of carbonyl (C=O) groups excluding carboxylic acids is 1. The molecule has 0 saturated carbocycles. The van der Waals surface area contributed by atoms with E-state index in [2.05, 4.69) is 15.6 Å². The number of aryl methyl sites for hydroxylation is 1. The molecule has 1 aromatic heterocycles. The fraction of sp³-hybridized carbons (Fsp3) is 0.250. The second-order valence-corrected chi connectivity index (χ2v) is 5.45. The van der Waals surface area contributed by atoms with Crippen LogP contribution < -0.4 is 15.5 Å². The molecular formula is C16H19N5O3. The Kier molecular flexibility index (Phi) is 5.31. The van der Waals surface area contributed by atoms with Crippen LogP contribution in [0.4, 0.5) is 22.0 Å². The summed E-state index contributed by atoms with van der Waals surface area (Å²) in [7, 11) is 3.78. The molecule has 0 atom stereocenters. The van der Waals surface area contributed by atoms with Crippen LogP contribution in [0.15, 0.2) is 36.4 Å². The zero-order chi connectivity index (χ0) is 17.7. The lowest BCUT2D eigenvalue weighted by Crippen LogP contribution is -2.29. The first-order valence-electron chi connectivity index (χ1n) is 7.30. The lowest BCUT2D eigenvalue weighted by Gasteiger charge is -2.13. The van der Waals surface area contributed by atoms with Gasteiger partial charge in [0.15, 0.2) is 0 Å². The molecule has 0 aliphatic carbocycles. The van der Waals surface area contributed by atoms with Gasteiger partial charge in [-0.05, 0) is 30.7 Å². The summed E-state index contributed by atoms with van der Waals surface area (Å²) in [6.45, 7) is 1.98. The van der Waals surface area contributed by atoms with E-state index >= 15 is 0 Å². The third kappa shape index (κ3) is 4.42. The maximum Gasteiger partial charge on any atom is 0.319 e. The van der Waals surface area contributed by atoms with Crippen molar-refractivity contribution in [3.05, 3.63) is 57.8 Å². The van der Waals surface area contributed by atoms with Crippen molar-refractivity contribution in [2.45, 2.75) is 13.5 Å². The minimum absolute atomic E-state index is 0.0110. The van der Waals surface area contributed by atoms with Gasteiger partial charge in [-0.2, -0.15) is 0 Å². The van der Waals surface area contributed by atoms with Crippen molar-refractivity contribution in [2.24, 2.45) is 0 Å². The number of hydrogen-bond donors (Lipinski definition) is 2. The molecule has 0 unspecified atom stereocenters. The van der Waals surface area contributed by atoms with Crippen molar-refractivity contribution >= 4 is 23.2 Å². The Balaban J connectivity index is 1.96. The van der Waals surface area contributed by atoms with Gasteiger partial charge < -0.3 is 15.5 Å². The highest BCUT2D eigenvalue weighted by Gasteiger charge is 2.10. The summed E-state index contributed by atoms with van der Waals surface area (Å²) in [5.41, 5.74) is 1.86. The Hall–Kier alpha value is -3.16. The van der Waals surface area contributed by atoms with Gasteiger partial charge in [-0.1, -0.05) is 6.07 Å². The van der Waals surface area contributed by atoms with E-state index in [0.717, 1.165) is 11.5 Å². The number of nitrogens with zero attached hydrogens (tertiary/aromatic N) is 3.